The highest BCUT2D eigenvalue weighted by atomic mass is 16.6. The molecule has 1 atom stereocenters. The van der Waals surface area contributed by atoms with E-state index in [-0.39, 0.29) is 41.8 Å². The fourth-order valence-corrected chi connectivity index (χ4v) is 3.70. The van der Waals surface area contributed by atoms with Gasteiger partial charge in [-0.3, -0.25) is 9.59 Å². The Bertz CT molecular complexity index is 1450. The zero-order chi connectivity index (χ0) is 27.6. The van der Waals surface area contributed by atoms with Crippen LogP contribution in [-0.4, -0.2) is 42.0 Å². The van der Waals surface area contributed by atoms with E-state index in [1.807, 2.05) is 6.07 Å². The van der Waals surface area contributed by atoms with E-state index in [0.717, 1.165) is 6.08 Å². The number of carbonyl (C=O) groups excluding carboxylic acids is 3. The first-order valence-electron chi connectivity index (χ1n) is 12.2. The number of ketones is 2. The Morgan fingerprint density at radius 1 is 0.692 bits per heavy atom. The summed E-state index contributed by atoms with van der Waals surface area (Å²) in [4.78, 5) is 37.1. The van der Waals surface area contributed by atoms with Crippen molar-refractivity contribution in [2.75, 3.05) is 13.2 Å². The quantitative estimate of drug-likeness (QED) is 0.151. The van der Waals surface area contributed by atoms with Crippen molar-refractivity contribution in [1.29, 1.82) is 0 Å². The zero-order valence-corrected chi connectivity index (χ0v) is 21.0. The molecule has 0 amide bonds. The van der Waals surface area contributed by atoms with Crippen LogP contribution in [0.4, 0.5) is 0 Å². The average molecular weight is 523 g/mol. The average Bonchev–Trinajstić information content (AvgIpc) is 2.99. The maximum atomic E-state index is 12.6. The summed E-state index contributed by atoms with van der Waals surface area (Å²) in [5, 5.41) is 10.4. The summed E-state index contributed by atoms with van der Waals surface area (Å²) in [6.45, 7) is 3.28. The molecule has 7 nitrogen and oxygen atoms in total. The highest BCUT2D eigenvalue weighted by Crippen LogP contribution is 2.26. The van der Waals surface area contributed by atoms with Crippen molar-refractivity contribution >= 4 is 17.5 Å². The number of rotatable bonds is 12. The lowest BCUT2D eigenvalue weighted by Gasteiger charge is -2.19. The van der Waals surface area contributed by atoms with E-state index in [0.29, 0.717) is 22.4 Å². The predicted octanol–water partition coefficient (Wildman–Crippen LogP) is 5.41. The first-order chi connectivity index (χ1) is 18.9. The van der Waals surface area contributed by atoms with E-state index < -0.39 is 12.1 Å². The molecule has 4 aromatic rings. The molecule has 0 fully saturated rings. The Morgan fingerprint density at radius 3 is 1.77 bits per heavy atom. The summed E-state index contributed by atoms with van der Waals surface area (Å²) in [5.41, 5.74) is 1.69. The highest BCUT2D eigenvalue weighted by Gasteiger charge is 2.18. The van der Waals surface area contributed by atoms with Crippen molar-refractivity contribution in [3.8, 4) is 17.2 Å². The number of benzene rings is 4. The Morgan fingerprint density at radius 2 is 1.21 bits per heavy atom. The van der Waals surface area contributed by atoms with Gasteiger partial charge >= 0.3 is 5.97 Å². The minimum absolute atomic E-state index is 0.0396. The molecule has 0 aromatic heterocycles. The third kappa shape index (κ3) is 7.20. The van der Waals surface area contributed by atoms with Crippen molar-refractivity contribution < 1.29 is 33.7 Å². The molecule has 0 heterocycles. The van der Waals surface area contributed by atoms with Crippen LogP contribution in [-0.2, 0) is 9.53 Å². The molecule has 7 heteroatoms. The molecule has 1 unspecified atom stereocenters. The van der Waals surface area contributed by atoms with Crippen LogP contribution in [0.25, 0.3) is 0 Å². The number of phenols is 1. The molecule has 0 aliphatic carbocycles. The van der Waals surface area contributed by atoms with Gasteiger partial charge in [-0.25, -0.2) is 4.79 Å². The number of hydrogen-bond acceptors (Lipinski definition) is 7. The van der Waals surface area contributed by atoms with Crippen molar-refractivity contribution in [3.63, 3.8) is 0 Å². The molecular weight excluding hydrogens is 496 g/mol. The number of aromatic hydroxyl groups is 1. The second-order valence-electron chi connectivity index (χ2n) is 8.48. The number of carbonyl (C=O) groups is 3. The standard InChI is InChI=1S/C32H26O7/c1-2-30(34)39-27(20-37-25-15-13-24(14-16-25)31(35)22-9-5-3-6-10-22)21-38-26-17-18-28(29(33)19-26)32(36)23-11-7-4-8-12-23/h2-19,27,33H,1,20-21H2. The smallest absolute Gasteiger partial charge is 0.330 e. The van der Waals surface area contributed by atoms with Crippen LogP contribution in [0.2, 0.25) is 0 Å². The maximum absolute atomic E-state index is 12.6. The van der Waals surface area contributed by atoms with Crippen LogP contribution in [0.1, 0.15) is 31.8 Å². The summed E-state index contributed by atoms with van der Waals surface area (Å²) >= 11 is 0. The lowest BCUT2D eigenvalue weighted by atomic mass is 10.0. The number of ether oxygens (including phenoxy) is 3. The van der Waals surface area contributed by atoms with Gasteiger partial charge in [0.25, 0.3) is 0 Å². The largest absolute Gasteiger partial charge is 0.507 e. The van der Waals surface area contributed by atoms with Gasteiger partial charge in [-0.1, -0.05) is 67.2 Å². The van der Waals surface area contributed by atoms with Gasteiger partial charge in [0.05, 0.1) is 5.56 Å². The van der Waals surface area contributed by atoms with Crippen molar-refractivity contribution in [2.24, 2.45) is 0 Å². The molecule has 1 N–H and O–H groups in total. The van der Waals surface area contributed by atoms with Crippen molar-refractivity contribution in [3.05, 3.63) is 138 Å². The molecule has 4 aromatic carbocycles. The lowest BCUT2D eigenvalue weighted by Crippen LogP contribution is -2.30. The molecule has 39 heavy (non-hydrogen) atoms. The fraction of sp³-hybridized carbons (Fsp3) is 0.0938. The molecule has 0 saturated carbocycles. The first-order valence-corrected chi connectivity index (χ1v) is 12.2. The first kappa shape index (κ1) is 26.9. The van der Waals surface area contributed by atoms with Crippen molar-refractivity contribution in [1.82, 2.24) is 0 Å². The predicted molar refractivity (Wildman–Crippen MR) is 145 cm³/mol. The molecule has 0 aliphatic rings. The Hall–Kier alpha value is -5.17. The molecule has 4 rings (SSSR count). The summed E-state index contributed by atoms with van der Waals surface area (Å²) < 4.78 is 16.8. The maximum Gasteiger partial charge on any atom is 0.330 e. The van der Waals surface area contributed by atoms with E-state index in [1.165, 1.54) is 12.1 Å². The zero-order valence-electron chi connectivity index (χ0n) is 21.0. The second-order valence-corrected chi connectivity index (χ2v) is 8.48. The second kappa shape index (κ2) is 12.9. The normalized spacial score (nSPS) is 11.2. The van der Waals surface area contributed by atoms with Gasteiger partial charge in [-0.05, 0) is 36.4 Å². The molecule has 0 aliphatic heterocycles. The summed E-state index contributed by atoms with van der Waals surface area (Å²) in [7, 11) is 0. The van der Waals surface area contributed by atoms with E-state index in [1.54, 1.807) is 84.9 Å². The Labute approximate surface area is 225 Å². The molecule has 0 spiro atoms. The van der Waals surface area contributed by atoms with Crippen LogP contribution in [0.15, 0.2) is 116 Å². The molecule has 0 bridgehead atoms. The van der Waals surface area contributed by atoms with Gasteiger partial charge in [-0.2, -0.15) is 0 Å². The summed E-state index contributed by atoms with van der Waals surface area (Å²) in [6.07, 6.45) is 0.223. The molecule has 196 valence electrons. The van der Waals surface area contributed by atoms with E-state index >= 15 is 0 Å². The lowest BCUT2D eigenvalue weighted by molar-refractivity contribution is -0.146. The Kier molecular flexibility index (Phi) is 8.87. The molecule has 0 saturated heterocycles. The van der Waals surface area contributed by atoms with E-state index in [2.05, 4.69) is 6.58 Å². The minimum Gasteiger partial charge on any atom is -0.507 e. The third-order valence-electron chi connectivity index (χ3n) is 5.72. The topological polar surface area (TPSA) is 99.1 Å². The van der Waals surface area contributed by atoms with E-state index in [9.17, 15) is 19.5 Å². The summed E-state index contributed by atoms with van der Waals surface area (Å²) in [6, 6.07) is 28.5. The highest BCUT2D eigenvalue weighted by molar-refractivity contribution is 6.10. The number of hydrogen-bond donors (Lipinski definition) is 1. The van der Waals surface area contributed by atoms with Crippen LogP contribution < -0.4 is 9.47 Å². The van der Waals surface area contributed by atoms with Gasteiger partial charge in [0.1, 0.15) is 30.5 Å². The van der Waals surface area contributed by atoms with Gasteiger partial charge in [0.15, 0.2) is 17.7 Å². The van der Waals surface area contributed by atoms with Gasteiger partial charge in [-0.15, -0.1) is 0 Å². The minimum atomic E-state index is -0.811. The van der Waals surface area contributed by atoms with Crippen LogP contribution in [0, 0.1) is 0 Å². The van der Waals surface area contributed by atoms with Crippen LogP contribution in [0.5, 0.6) is 17.2 Å². The van der Waals surface area contributed by atoms with Crippen LogP contribution in [0.3, 0.4) is 0 Å². The molecule has 0 radical (unpaired) electrons. The fourth-order valence-electron chi connectivity index (χ4n) is 3.70. The SMILES string of the molecule is C=CC(=O)OC(COc1ccc(C(=O)c2ccccc2)cc1)COc1ccc(C(=O)c2ccccc2)c(O)c1. The monoisotopic (exact) mass is 522 g/mol. The van der Waals surface area contributed by atoms with Crippen LogP contribution >= 0.6 is 0 Å². The third-order valence-corrected chi connectivity index (χ3v) is 5.72. The number of esters is 1. The Balaban J connectivity index is 1.37. The summed E-state index contributed by atoms with van der Waals surface area (Å²) in [5.74, 6) is -0.554. The van der Waals surface area contributed by atoms with Gasteiger partial charge < -0.3 is 19.3 Å². The van der Waals surface area contributed by atoms with Crippen molar-refractivity contribution in [2.45, 2.75) is 6.10 Å². The molecular formula is C32H26O7. The van der Waals surface area contributed by atoms with Gasteiger partial charge in [0.2, 0.25) is 0 Å². The number of phenolic OH excluding ortho intramolecular Hbond substituents is 1. The van der Waals surface area contributed by atoms with Gasteiger partial charge in [0, 0.05) is 28.8 Å². The van der Waals surface area contributed by atoms with E-state index in [4.69, 9.17) is 14.2 Å².